The molecule has 1 aliphatic heterocycles. The Hall–Kier alpha value is -2.55. The van der Waals surface area contributed by atoms with Crippen LogP contribution in [0, 0.1) is 5.92 Å². The van der Waals surface area contributed by atoms with Crippen LogP contribution in [0.25, 0.3) is 0 Å². The molecule has 2 aromatic rings. The number of nitrogens with zero attached hydrogens (tertiary/aromatic N) is 1. The zero-order valence-electron chi connectivity index (χ0n) is 14.2. The Morgan fingerprint density at radius 3 is 2.44 bits per heavy atom. The molecule has 1 saturated heterocycles. The third-order valence-corrected chi connectivity index (χ3v) is 5.11. The van der Waals surface area contributed by atoms with Crippen LogP contribution in [0.3, 0.4) is 0 Å². The van der Waals surface area contributed by atoms with Crippen LogP contribution in [-0.4, -0.2) is 36.2 Å². The summed E-state index contributed by atoms with van der Waals surface area (Å²) in [5, 5.41) is 4.34. The van der Waals surface area contributed by atoms with Gasteiger partial charge in [-0.2, -0.15) is 0 Å². The van der Waals surface area contributed by atoms with E-state index in [0.29, 0.717) is 30.8 Å². The lowest BCUT2D eigenvalue weighted by atomic mass is 9.95. The third-order valence-electron chi connectivity index (χ3n) is 4.26. The molecule has 27 heavy (non-hydrogen) atoms. The average Bonchev–Trinajstić information content (AvgIpc) is 3.16. The minimum Gasteiger partial charge on any atom is -0.404 e. The molecule has 3 rings (SSSR count). The van der Waals surface area contributed by atoms with Gasteiger partial charge >= 0.3 is 6.36 Å². The summed E-state index contributed by atoms with van der Waals surface area (Å²) in [5.74, 6) is -1.27. The minimum atomic E-state index is -4.84. The molecule has 0 saturated carbocycles. The van der Waals surface area contributed by atoms with E-state index in [-0.39, 0.29) is 23.4 Å². The number of benzene rings is 1. The van der Waals surface area contributed by atoms with Crippen molar-refractivity contribution >= 4 is 28.8 Å². The summed E-state index contributed by atoms with van der Waals surface area (Å²) in [6.45, 7) is 0.852. The molecule has 9 heteroatoms. The zero-order chi connectivity index (χ0) is 19.4. The molecule has 5 nitrogen and oxygen atoms in total. The Morgan fingerprint density at radius 2 is 1.81 bits per heavy atom. The number of hydrogen-bond donors (Lipinski definition) is 1. The lowest BCUT2D eigenvalue weighted by Gasteiger charge is -2.31. The average molecular weight is 398 g/mol. The van der Waals surface area contributed by atoms with Gasteiger partial charge < -0.3 is 15.0 Å². The number of alkyl halides is 3. The van der Waals surface area contributed by atoms with Crippen molar-refractivity contribution in [1.29, 1.82) is 0 Å². The van der Waals surface area contributed by atoms with Crippen LogP contribution in [0.1, 0.15) is 22.5 Å². The van der Waals surface area contributed by atoms with Gasteiger partial charge in [0.2, 0.25) is 5.91 Å². The van der Waals surface area contributed by atoms with Crippen molar-refractivity contribution in [3.05, 3.63) is 46.7 Å². The summed E-state index contributed by atoms with van der Waals surface area (Å²) in [6.07, 6.45) is -3.94. The van der Waals surface area contributed by atoms with E-state index in [4.69, 9.17) is 0 Å². The SMILES string of the molecule is O=C(Nc1ccccc1OC(F)(F)F)C1CCN(C(=O)c2cccs2)CC1. The second-order valence-corrected chi connectivity index (χ2v) is 7.02. The van der Waals surface area contributed by atoms with E-state index in [9.17, 15) is 22.8 Å². The van der Waals surface area contributed by atoms with Crippen LogP contribution in [0.2, 0.25) is 0 Å². The number of amides is 2. The van der Waals surface area contributed by atoms with E-state index >= 15 is 0 Å². The predicted molar refractivity (Wildman–Crippen MR) is 94.7 cm³/mol. The second kappa shape index (κ2) is 7.99. The van der Waals surface area contributed by atoms with E-state index in [1.807, 2.05) is 5.38 Å². The number of ether oxygens (including phenoxy) is 1. The summed E-state index contributed by atoms with van der Waals surface area (Å²) >= 11 is 1.36. The smallest absolute Gasteiger partial charge is 0.404 e. The maximum Gasteiger partial charge on any atom is 0.573 e. The number of likely N-dealkylation sites (tertiary alicyclic amines) is 1. The Bertz CT molecular complexity index is 800. The molecular weight excluding hydrogens is 381 g/mol. The van der Waals surface area contributed by atoms with Gasteiger partial charge in [0.25, 0.3) is 5.91 Å². The third kappa shape index (κ3) is 5.00. The van der Waals surface area contributed by atoms with Gasteiger partial charge in [-0.05, 0) is 36.4 Å². The Kier molecular flexibility index (Phi) is 5.69. The summed E-state index contributed by atoms with van der Waals surface area (Å²) in [7, 11) is 0. The first kappa shape index (κ1) is 19.2. The number of hydrogen-bond acceptors (Lipinski definition) is 4. The molecule has 0 aliphatic carbocycles. The normalized spacial score (nSPS) is 15.4. The van der Waals surface area contributed by atoms with Gasteiger partial charge in [-0.15, -0.1) is 24.5 Å². The number of halogens is 3. The largest absolute Gasteiger partial charge is 0.573 e. The first-order valence-electron chi connectivity index (χ1n) is 8.32. The van der Waals surface area contributed by atoms with Gasteiger partial charge in [0.1, 0.15) is 0 Å². The van der Waals surface area contributed by atoms with Crippen LogP contribution >= 0.6 is 11.3 Å². The lowest BCUT2D eigenvalue weighted by molar-refractivity contribution is -0.274. The Balaban J connectivity index is 1.58. The van der Waals surface area contributed by atoms with E-state index in [1.165, 1.54) is 29.5 Å². The highest BCUT2D eigenvalue weighted by Crippen LogP contribution is 2.31. The standard InChI is InChI=1S/C18H17F3N2O3S/c19-18(20,21)26-14-5-2-1-4-13(14)22-16(24)12-7-9-23(10-8-12)17(25)15-6-3-11-27-15/h1-6,11-12H,7-10H2,(H,22,24). The van der Waals surface area contributed by atoms with Gasteiger partial charge in [-0.25, -0.2) is 0 Å². The fourth-order valence-corrected chi connectivity index (χ4v) is 3.61. The molecule has 1 aliphatic rings. The number of carbonyl (C=O) groups excluding carboxylic acids is 2. The molecule has 0 atom stereocenters. The van der Waals surface area contributed by atoms with Crippen LogP contribution in [-0.2, 0) is 4.79 Å². The van der Waals surface area contributed by atoms with Crippen molar-refractivity contribution in [3.8, 4) is 5.75 Å². The van der Waals surface area contributed by atoms with Crippen molar-refractivity contribution in [2.24, 2.45) is 5.92 Å². The second-order valence-electron chi connectivity index (χ2n) is 6.08. The first-order chi connectivity index (χ1) is 12.8. The fourth-order valence-electron chi connectivity index (χ4n) is 2.92. The molecule has 0 bridgehead atoms. The number of anilines is 1. The monoisotopic (exact) mass is 398 g/mol. The highest BCUT2D eigenvalue weighted by atomic mass is 32.1. The minimum absolute atomic E-state index is 0.0306. The van der Waals surface area contributed by atoms with Crippen LogP contribution in [0.5, 0.6) is 5.75 Å². The number of nitrogens with one attached hydrogen (secondary N) is 1. The molecule has 1 fully saturated rings. The molecule has 2 amide bonds. The molecule has 2 heterocycles. The van der Waals surface area contributed by atoms with Crippen molar-refractivity contribution < 1.29 is 27.5 Å². The molecule has 0 spiro atoms. The van der Waals surface area contributed by atoms with Crippen LogP contribution in [0.4, 0.5) is 18.9 Å². The summed E-state index contributed by atoms with van der Waals surface area (Å²) in [4.78, 5) is 27.1. The van der Waals surface area contributed by atoms with Gasteiger partial charge in [-0.1, -0.05) is 18.2 Å². The first-order valence-corrected chi connectivity index (χ1v) is 9.20. The number of rotatable bonds is 4. The van der Waals surface area contributed by atoms with E-state index in [0.717, 1.165) is 6.07 Å². The molecule has 1 aromatic heterocycles. The van der Waals surface area contributed by atoms with Gasteiger partial charge in [0, 0.05) is 19.0 Å². The highest BCUT2D eigenvalue weighted by molar-refractivity contribution is 7.12. The number of para-hydroxylation sites is 2. The van der Waals surface area contributed by atoms with Gasteiger partial charge in [0.05, 0.1) is 10.6 Å². The van der Waals surface area contributed by atoms with Crippen LogP contribution < -0.4 is 10.1 Å². The quantitative estimate of drug-likeness (QED) is 0.842. The van der Waals surface area contributed by atoms with Crippen molar-refractivity contribution in [2.45, 2.75) is 19.2 Å². The summed E-state index contributed by atoms with van der Waals surface area (Å²) in [5.41, 5.74) is -0.0306. The number of piperidine rings is 1. The molecule has 144 valence electrons. The van der Waals surface area contributed by atoms with Gasteiger partial charge in [0.15, 0.2) is 5.75 Å². The Labute approximate surface area is 157 Å². The highest BCUT2D eigenvalue weighted by Gasteiger charge is 2.33. The molecule has 1 aromatic carbocycles. The Morgan fingerprint density at radius 1 is 1.11 bits per heavy atom. The lowest BCUT2D eigenvalue weighted by Crippen LogP contribution is -2.41. The van der Waals surface area contributed by atoms with E-state index in [2.05, 4.69) is 10.1 Å². The van der Waals surface area contributed by atoms with E-state index < -0.39 is 12.1 Å². The topological polar surface area (TPSA) is 58.6 Å². The van der Waals surface area contributed by atoms with E-state index in [1.54, 1.807) is 17.0 Å². The number of thiophene rings is 1. The summed E-state index contributed by atoms with van der Waals surface area (Å²) < 4.78 is 41.4. The van der Waals surface area contributed by atoms with Crippen molar-refractivity contribution in [2.75, 3.05) is 18.4 Å². The van der Waals surface area contributed by atoms with Crippen molar-refractivity contribution in [1.82, 2.24) is 4.90 Å². The molecule has 0 radical (unpaired) electrons. The van der Waals surface area contributed by atoms with Crippen LogP contribution in [0.15, 0.2) is 41.8 Å². The maximum absolute atomic E-state index is 12.5. The molecular formula is C18H17F3N2O3S. The molecule has 0 unspecified atom stereocenters. The zero-order valence-corrected chi connectivity index (χ0v) is 15.0. The summed E-state index contributed by atoms with van der Waals surface area (Å²) in [6, 6.07) is 8.97. The van der Waals surface area contributed by atoms with Gasteiger partial charge in [-0.3, -0.25) is 9.59 Å². The molecule has 1 N–H and O–H groups in total. The predicted octanol–water partition coefficient (Wildman–Crippen LogP) is 4.14. The van der Waals surface area contributed by atoms with Crippen molar-refractivity contribution in [3.63, 3.8) is 0 Å². The fraction of sp³-hybridized carbons (Fsp3) is 0.333. The number of carbonyl (C=O) groups is 2. The maximum atomic E-state index is 12.5.